The van der Waals surface area contributed by atoms with Crippen molar-refractivity contribution in [3.05, 3.63) is 149 Å². The van der Waals surface area contributed by atoms with Gasteiger partial charge in [0.25, 0.3) is 0 Å². The summed E-state index contributed by atoms with van der Waals surface area (Å²) in [5, 5.41) is 2.62. The van der Waals surface area contributed by atoms with E-state index in [4.69, 9.17) is 0 Å². The van der Waals surface area contributed by atoms with Crippen LogP contribution >= 0.6 is 0 Å². The van der Waals surface area contributed by atoms with Crippen molar-refractivity contribution in [3.8, 4) is 0 Å². The largest absolute Gasteiger partial charge is 0.344 e. The van der Waals surface area contributed by atoms with Gasteiger partial charge < -0.3 is 9.80 Å². The third kappa shape index (κ3) is 4.52. The number of nitrogens with zero attached hydrogens (tertiary/aromatic N) is 2. The molecule has 0 amide bonds. The molecule has 206 valence electrons. The molecule has 4 aromatic carbocycles. The van der Waals surface area contributed by atoms with E-state index in [1.807, 2.05) is 0 Å². The van der Waals surface area contributed by atoms with Crippen LogP contribution in [0, 0.1) is 11.8 Å². The van der Waals surface area contributed by atoms with Gasteiger partial charge in [-0.1, -0.05) is 96.6 Å². The molecule has 1 fully saturated rings. The van der Waals surface area contributed by atoms with Crippen LogP contribution in [0.5, 0.6) is 0 Å². The maximum atomic E-state index is 2.52. The predicted molar refractivity (Wildman–Crippen MR) is 179 cm³/mol. The van der Waals surface area contributed by atoms with Crippen LogP contribution in [-0.2, 0) is 6.42 Å². The molecular weight excluding hydrogens is 508 g/mol. The minimum Gasteiger partial charge on any atom is -0.344 e. The van der Waals surface area contributed by atoms with Crippen LogP contribution < -0.4 is 9.80 Å². The van der Waals surface area contributed by atoms with Gasteiger partial charge >= 0.3 is 0 Å². The summed E-state index contributed by atoms with van der Waals surface area (Å²) in [6, 6.07) is 31.2. The molecule has 0 radical (unpaired) electrons. The number of rotatable bonds is 7. The lowest BCUT2D eigenvalue weighted by Gasteiger charge is -2.31. The van der Waals surface area contributed by atoms with Crippen LogP contribution in [0.25, 0.3) is 16.8 Å². The predicted octanol–water partition coefficient (Wildman–Crippen LogP) is 10.1. The molecule has 2 heteroatoms. The normalized spacial score (nSPS) is 20.0. The first-order chi connectivity index (χ1) is 20.7. The highest BCUT2D eigenvalue weighted by Gasteiger charge is 2.37. The van der Waals surface area contributed by atoms with E-state index < -0.39 is 0 Å². The summed E-state index contributed by atoms with van der Waals surface area (Å²) >= 11 is 0. The zero-order chi connectivity index (χ0) is 28.0. The van der Waals surface area contributed by atoms with Gasteiger partial charge in [-0.3, -0.25) is 0 Å². The molecule has 2 unspecified atom stereocenters. The summed E-state index contributed by atoms with van der Waals surface area (Å²) in [5.41, 5.74) is 12.3. The average molecular weight is 545 g/mol. The number of benzene rings is 4. The number of hydrogen-bond donors (Lipinski definition) is 0. The molecule has 2 nitrogen and oxygen atoms in total. The molecule has 0 heterocycles. The Morgan fingerprint density at radius 1 is 0.786 bits per heavy atom. The SMILES string of the molecule is CN(c1ccc(N(CC2C=C(C3=CC=C4CC43)C=CC2)c2ccccc2)cc1)c1c2c(cc3ccccc13)CCC=C2. The number of allylic oxidation sites excluding steroid dienone is 8. The van der Waals surface area contributed by atoms with Crippen molar-refractivity contribution in [1.82, 2.24) is 0 Å². The van der Waals surface area contributed by atoms with Crippen molar-refractivity contribution in [2.24, 2.45) is 11.8 Å². The second-order valence-corrected chi connectivity index (χ2v) is 12.1. The highest BCUT2D eigenvalue weighted by Crippen LogP contribution is 2.51. The van der Waals surface area contributed by atoms with E-state index in [1.165, 1.54) is 62.2 Å². The van der Waals surface area contributed by atoms with Crippen LogP contribution in [0.1, 0.15) is 30.4 Å². The second kappa shape index (κ2) is 10.4. The van der Waals surface area contributed by atoms with Gasteiger partial charge in [-0.25, -0.2) is 0 Å². The van der Waals surface area contributed by atoms with Crippen LogP contribution in [0.3, 0.4) is 0 Å². The first kappa shape index (κ1) is 25.2. The summed E-state index contributed by atoms with van der Waals surface area (Å²) in [7, 11) is 2.22. The van der Waals surface area contributed by atoms with Gasteiger partial charge in [-0.2, -0.15) is 0 Å². The fraction of sp³-hybridized carbons (Fsp3) is 0.200. The molecule has 42 heavy (non-hydrogen) atoms. The molecule has 1 saturated carbocycles. The number of hydrogen-bond acceptors (Lipinski definition) is 2. The van der Waals surface area contributed by atoms with E-state index in [0.29, 0.717) is 11.8 Å². The third-order valence-corrected chi connectivity index (χ3v) is 9.45. The molecule has 4 aliphatic rings. The highest BCUT2D eigenvalue weighted by atomic mass is 15.1. The topological polar surface area (TPSA) is 6.48 Å². The van der Waals surface area contributed by atoms with Crippen molar-refractivity contribution >= 4 is 39.6 Å². The molecule has 4 aromatic rings. The molecule has 0 aromatic heterocycles. The van der Waals surface area contributed by atoms with E-state index in [1.54, 1.807) is 5.57 Å². The van der Waals surface area contributed by atoms with E-state index in [9.17, 15) is 0 Å². The van der Waals surface area contributed by atoms with Crippen molar-refractivity contribution in [2.45, 2.75) is 25.7 Å². The Morgan fingerprint density at radius 2 is 1.57 bits per heavy atom. The Balaban J connectivity index is 1.11. The van der Waals surface area contributed by atoms with Crippen molar-refractivity contribution in [3.63, 3.8) is 0 Å². The number of anilines is 4. The quantitative estimate of drug-likeness (QED) is 0.228. The Bertz CT molecular complexity index is 1820. The van der Waals surface area contributed by atoms with Gasteiger partial charge in [0.05, 0.1) is 5.69 Å². The van der Waals surface area contributed by atoms with Gasteiger partial charge in [0.1, 0.15) is 0 Å². The molecule has 0 spiro atoms. The zero-order valence-electron chi connectivity index (χ0n) is 24.2. The van der Waals surface area contributed by atoms with Crippen molar-refractivity contribution in [1.29, 1.82) is 0 Å². The Labute approximate surface area is 249 Å². The second-order valence-electron chi connectivity index (χ2n) is 12.1. The smallest absolute Gasteiger partial charge is 0.0564 e. The Kier molecular flexibility index (Phi) is 6.21. The maximum Gasteiger partial charge on any atom is 0.0564 e. The van der Waals surface area contributed by atoms with Crippen LogP contribution in [0.4, 0.5) is 22.7 Å². The molecule has 2 atom stereocenters. The zero-order valence-corrected chi connectivity index (χ0v) is 24.2. The summed E-state index contributed by atoms with van der Waals surface area (Å²) in [6.45, 7) is 0.951. The summed E-state index contributed by atoms with van der Waals surface area (Å²) < 4.78 is 0. The van der Waals surface area contributed by atoms with E-state index in [-0.39, 0.29) is 0 Å². The summed E-state index contributed by atoms with van der Waals surface area (Å²) in [4.78, 5) is 4.87. The van der Waals surface area contributed by atoms with Crippen LogP contribution in [0.15, 0.2) is 138 Å². The van der Waals surface area contributed by atoms with Gasteiger partial charge in [0.2, 0.25) is 0 Å². The van der Waals surface area contributed by atoms with Crippen molar-refractivity contribution in [2.75, 3.05) is 23.4 Å². The third-order valence-electron chi connectivity index (χ3n) is 9.45. The van der Waals surface area contributed by atoms with Gasteiger partial charge in [-0.15, -0.1) is 0 Å². The van der Waals surface area contributed by atoms with Gasteiger partial charge in [0.15, 0.2) is 0 Å². The van der Waals surface area contributed by atoms with Crippen molar-refractivity contribution < 1.29 is 0 Å². The molecule has 0 aliphatic heterocycles. The maximum absolute atomic E-state index is 2.52. The number of para-hydroxylation sites is 1. The Hall–Kier alpha value is -4.56. The highest BCUT2D eigenvalue weighted by molar-refractivity contribution is 6.01. The lowest BCUT2D eigenvalue weighted by atomic mass is 9.90. The number of fused-ring (bicyclic) bond motifs is 3. The average Bonchev–Trinajstić information content (AvgIpc) is 3.71. The first-order valence-electron chi connectivity index (χ1n) is 15.4. The molecule has 0 bridgehead atoms. The van der Waals surface area contributed by atoms with E-state index >= 15 is 0 Å². The van der Waals surface area contributed by atoms with Crippen LogP contribution in [-0.4, -0.2) is 13.6 Å². The molecule has 8 rings (SSSR count). The standard InChI is InChI=1S/C40H36N2/c1-41(40-37-16-7-5-11-30(37)25-31-12-6-8-17-38(31)40)33-19-21-35(22-20-33)42(34-14-3-2-4-15-34)27-28-10-9-13-29(24-28)36-23-18-32-26-39(32)36/h2-5,7-9,11,13-25,28,39H,6,10,12,26-27H2,1H3. The fourth-order valence-electron chi connectivity index (χ4n) is 7.13. The summed E-state index contributed by atoms with van der Waals surface area (Å²) in [6.07, 6.45) is 21.1. The molecule has 0 saturated heterocycles. The fourth-order valence-corrected chi connectivity index (χ4v) is 7.13. The molecule has 0 N–H and O–H groups in total. The summed E-state index contributed by atoms with van der Waals surface area (Å²) in [5.74, 6) is 1.16. The number of aryl methyl sites for hydroxylation is 1. The monoisotopic (exact) mass is 544 g/mol. The van der Waals surface area contributed by atoms with E-state index in [0.717, 1.165) is 25.8 Å². The van der Waals surface area contributed by atoms with Gasteiger partial charge in [0, 0.05) is 47.5 Å². The van der Waals surface area contributed by atoms with E-state index in [2.05, 4.69) is 144 Å². The lowest BCUT2D eigenvalue weighted by Crippen LogP contribution is -2.25. The van der Waals surface area contributed by atoms with Crippen LogP contribution in [0.2, 0.25) is 0 Å². The minimum atomic E-state index is 0.463. The molecular formula is C40H36N2. The van der Waals surface area contributed by atoms with Gasteiger partial charge in [-0.05, 0) is 90.1 Å². The first-order valence-corrected chi connectivity index (χ1v) is 15.4. The Morgan fingerprint density at radius 3 is 2.38 bits per heavy atom. The lowest BCUT2D eigenvalue weighted by molar-refractivity contribution is 0.652. The molecule has 4 aliphatic carbocycles. The minimum absolute atomic E-state index is 0.463.